The number of nitrogens with zero attached hydrogens (tertiary/aromatic N) is 7. The van der Waals surface area contributed by atoms with Gasteiger partial charge in [-0.15, -0.1) is 0 Å². The Kier molecular flexibility index (Phi) is 8.30. The first-order valence-corrected chi connectivity index (χ1v) is 15.2. The van der Waals surface area contributed by atoms with Crippen LogP contribution in [-0.2, 0) is 11.2 Å². The lowest BCUT2D eigenvalue weighted by molar-refractivity contribution is -0.128. The summed E-state index contributed by atoms with van der Waals surface area (Å²) in [6.45, 7) is 9.81. The zero-order valence-corrected chi connectivity index (χ0v) is 25.1. The van der Waals surface area contributed by atoms with E-state index in [4.69, 9.17) is 14.7 Å². The van der Waals surface area contributed by atoms with E-state index in [0.717, 1.165) is 43.0 Å². The third-order valence-corrected chi connectivity index (χ3v) is 9.06. The van der Waals surface area contributed by atoms with E-state index in [1.807, 2.05) is 0 Å². The first-order chi connectivity index (χ1) is 21.0. The summed E-state index contributed by atoms with van der Waals surface area (Å²) in [4.78, 5) is 31.1. The zero-order chi connectivity index (χ0) is 29.9. The highest BCUT2D eigenvalue weighted by atomic mass is 16.5. The Morgan fingerprint density at radius 2 is 1.98 bits per heavy atom. The van der Waals surface area contributed by atoms with Crippen molar-refractivity contribution in [2.75, 3.05) is 56.2 Å². The molecule has 0 N–H and O–H groups in total. The number of ether oxygens (including phenoxy) is 1. The normalized spacial score (nSPS) is 20.5. The van der Waals surface area contributed by atoms with Gasteiger partial charge in [0.05, 0.1) is 24.2 Å². The number of carbonyl (C=O) groups is 1. The first-order valence-electron chi connectivity index (χ1n) is 15.2. The summed E-state index contributed by atoms with van der Waals surface area (Å²) in [6, 6.07) is 15.6. The number of hydrogen-bond acceptors (Lipinski definition) is 8. The number of benzene rings is 2. The number of piperazine rings is 1. The van der Waals surface area contributed by atoms with Crippen molar-refractivity contribution in [1.29, 1.82) is 5.26 Å². The van der Waals surface area contributed by atoms with Crippen LogP contribution in [0.5, 0.6) is 6.01 Å². The van der Waals surface area contributed by atoms with Gasteiger partial charge >= 0.3 is 6.01 Å². The van der Waals surface area contributed by atoms with Crippen LogP contribution in [-0.4, -0.2) is 84.1 Å². The maximum absolute atomic E-state index is 12.6. The molecule has 6 rings (SSSR count). The van der Waals surface area contributed by atoms with Crippen molar-refractivity contribution >= 4 is 34.3 Å². The monoisotopic (exact) mass is 577 g/mol. The largest absolute Gasteiger partial charge is 0.462 e. The van der Waals surface area contributed by atoms with Crippen molar-refractivity contribution in [1.82, 2.24) is 19.8 Å². The van der Waals surface area contributed by atoms with Gasteiger partial charge in [-0.05, 0) is 68.9 Å². The highest BCUT2D eigenvalue weighted by molar-refractivity contribution is 5.97. The number of aromatic nitrogens is 2. The molecule has 0 radical (unpaired) electrons. The van der Waals surface area contributed by atoms with E-state index in [2.05, 4.69) is 90.0 Å². The Morgan fingerprint density at radius 1 is 1.14 bits per heavy atom. The van der Waals surface area contributed by atoms with E-state index in [1.165, 1.54) is 34.5 Å². The molecule has 1 amide bonds. The number of hydrogen-bond donors (Lipinski definition) is 0. The number of nitriles is 1. The summed E-state index contributed by atoms with van der Waals surface area (Å²) in [6.07, 6.45) is 8.77. The van der Waals surface area contributed by atoms with E-state index in [0.29, 0.717) is 38.3 Å². The van der Waals surface area contributed by atoms with Gasteiger partial charge in [-0.25, -0.2) is 0 Å². The van der Waals surface area contributed by atoms with Crippen molar-refractivity contribution in [3.05, 3.63) is 72.1 Å². The second kappa shape index (κ2) is 12.4. The molecule has 3 aliphatic rings. The third kappa shape index (κ3) is 5.80. The summed E-state index contributed by atoms with van der Waals surface area (Å²) in [5, 5.41) is 12.0. The molecule has 0 bridgehead atoms. The smallest absolute Gasteiger partial charge is 0.318 e. The maximum Gasteiger partial charge on any atom is 0.318 e. The average molecular weight is 578 g/mol. The highest BCUT2D eigenvalue weighted by Crippen LogP contribution is 2.34. The van der Waals surface area contributed by atoms with Crippen LogP contribution in [0.2, 0.25) is 0 Å². The minimum absolute atomic E-state index is 0.143. The molecule has 2 saturated heterocycles. The van der Waals surface area contributed by atoms with Gasteiger partial charge in [-0.1, -0.05) is 36.9 Å². The lowest BCUT2D eigenvalue weighted by Crippen LogP contribution is -2.55. The number of fused-ring (bicyclic) bond motifs is 2. The van der Waals surface area contributed by atoms with Crippen LogP contribution in [0, 0.1) is 18.3 Å². The van der Waals surface area contributed by atoms with Gasteiger partial charge in [0.1, 0.15) is 12.4 Å². The minimum Gasteiger partial charge on any atom is -0.462 e. The number of amides is 1. The molecule has 0 saturated carbocycles. The fourth-order valence-corrected chi connectivity index (χ4v) is 6.68. The molecule has 1 unspecified atom stereocenters. The van der Waals surface area contributed by atoms with Crippen molar-refractivity contribution in [3.63, 3.8) is 0 Å². The lowest BCUT2D eigenvalue weighted by atomic mass is 10.0. The molecule has 43 heavy (non-hydrogen) atoms. The molecule has 9 nitrogen and oxygen atoms in total. The predicted octanol–water partition coefficient (Wildman–Crippen LogP) is 4.56. The number of likely N-dealkylation sites (tertiary alicyclic amines) is 1. The molecular formula is C34H39N7O2. The fourth-order valence-electron chi connectivity index (χ4n) is 6.68. The first kappa shape index (κ1) is 28.7. The molecule has 3 aromatic rings. The van der Waals surface area contributed by atoms with Gasteiger partial charge in [0.15, 0.2) is 0 Å². The number of aryl methyl sites for hydroxylation is 1. The maximum atomic E-state index is 12.6. The van der Waals surface area contributed by atoms with Crippen molar-refractivity contribution in [2.24, 2.45) is 0 Å². The number of anilines is 2. The average Bonchev–Trinajstić information content (AvgIpc) is 3.31. The second-order valence-corrected chi connectivity index (χ2v) is 11.7. The molecule has 4 heterocycles. The summed E-state index contributed by atoms with van der Waals surface area (Å²) >= 11 is 0. The Hall–Kier alpha value is -4.42. The van der Waals surface area contributed by atoms with Gasteiger partial charge < -0.3 is 24.3 Å². The van der Waals surface area contributed by atoms with Crippen LogP contribution in [0.4, 0.5) is 11.5 Å². The summed E-state index contributed by atoms with van der Waals surface area (Å²) < 4.78 is 6.27. The van der Waals surface area contributed by atoms with Gasteiger partial charge in [0.25, 0.3) is 0 Å². The van der Waals surface area contributed by atoms with Crippen molar-refractivity contribution in [3.8, 4) is 12.1 Å². The molecule has 3 aliphatic heterocycles. The topological polar surface area (TPSA) is 88.8 Å². The molecule has 9 heteroatoms. The number of carbonyl (C=O) groups excluding carboxylic acids is 1. The minimum atomic E-state index is -0.247. The molecule has 2 aromatic carbocycles. The van der Waals surface area contributed by atoms with Gasteiger partial charge in [0.2, 0.25) is 5.91 Å². The molecule has 0 aliphatic carbocycles. The summed E-state index contributed by atoms with van der Waals surface area (Å²) in [5.74, 6) is 0.684. The van der Waals surface area contributed by atoms with Crippen molar-refractivity contribution in [2.45, 2.75) is 44.7 Å². The van der Waals surface area contributed by atoms with E-state index in [-0.39, 0.29) is 18.4 Å². The molecule has 1 aromatic heterocycles. The van der Waals surface area contributed by atoms with Gasteiger partial charge in [-0.2, -0.15) is 15.2 Å². The van der Waals surface area contributed by atoms with Crippen LogP contribution in [0.1, 0.15) is 36.1 Å². The molecule has 222 valence electrons. The molecule has 2 atom stereocenters. The quantitative estimate of drug-likeness (QED) is 0.378. The number of rotatable bonds is 7. The Morgan fingerprint density at radius 3 is 2.74 bits per heavy atom. The summed E-state index contributed by atoms with van der Waals surface area (Å²) in [7, 11) is 2.13. The molecule has 2 fully saturated rings. The van der Waals surface area contributed by atoms with E-state index < -0.39 is 0 Å². The van der Waals surface area contributed by atoms with Crippen LogP contribution in [0.3, 0.4) is 0 Å². The Balaban J connectivity index is 1.34. The molecular weight excluding hydrogens is 538 g/mol. The Bertz CT molecular complexity index is 1590. The Labute approximate surface area is 253 Å². The van der Waals surface area contributed by atoms with Crippen LogP contribution >= 0.6 is 0 Å². The van der Waals surface area contributed by atoms with E-state index in [1.54, 1.807) is 4.90 Å². The number of likely N-dealkylation sites (N-methyl/N-ethyl adjacent to an activating group) is 1. The van der Waals surface area contributed by atoms with E-state index >= 15 is 0 Å². The summed E-state index contributed by atoms with van der Waals surface area (Å²) in [5.41, 5.74) is 4.31. The lowest BCUT2D eigenvalue weighted by Gasteiger charge is -2.41. The SMILES string of the molecule is C=CC(=O)N1CCN(c2nc(OC[C@@H]3CCCN3C)nc3c2CCN(c2cccc4cccc(C)c24)C=C3)CC1CC#N. The second-order valence-electron chi connectivity index (χ2n) is 11.7. The molecule has 0 spiro atoms. The van der Waals surface area contributed by atoms with Crippen LogP contribution in [0.25, 0.3) is 16.8 Å². The third-order valence-electron chi connectivity index (χ3n) is 9.06. The van der Waals surface area contributed by atoms with Gasteiger partial charge in [-0.3, -0.25) is 4.79 Å². The van der Waals surface area contributed by atoms with Crippen LogP contribution in [0.15, 0.2) is 55.3 Å². The highest BCUT2D eigenvalue weighted by Gasteiger charge is 2.32. The predicted molar refractivity (Wildman–Crippen MR) is 170 cm³/mol. The fraction of sp³-hybridized carbons (Fsp3) is 0.412. The van der Waals surface area contributed by atoms with Crippen LogP contribution < -0.4 is 14.5 Å². The van der Waals surface area contributed by atoms with Gasteiger partial charge in [0, 0.05) is 55.1 Å². The standard InChI is InChI=1S/C34H39N7O2/c1-4-31(42)41-21-20-40(22-26(41)13-16-35)33-28-14-18-39(30-12-6-10-25-9-5-8-24(2)32(25)30)19-15-29(28)36-34(37-33)43-23-27-11-7-17-38(27)3/h4-6,8-10,12,15,19,26-27H,1,7,11,13-14,17-18,20-23H2,2-3H3/t26?,27-/m0/s1. The van der Waals surface area contributed by atoms with Crippen molar-refractivity contribution < 1.29 is 9.53 Å². The zero-order valence-electron chi connectivity index (χ0n) is 25.1. The van der Waals surface area contributed by atoms with E-state index in [9.17, 15) is 10.1 Å².